The molecular formula is C13H20N4O3S. The summed E-state index contributed by atoms with van der Waals surface area (Å²) in [5.74, 6) is 0. The summed E-state index contributed by atoms with van der Waals surface area (Å²) in [7, 11) is 0. The van der Waals surface area contributed by atoms with Gasteiger partial charge >= 0.3 is 6.09 Å². The maximum atomic E-state index is 12.4. The highest BCUT2D eigenvalue weighted by Gasteiger charge is 2.43. The number of morpholine rings is 1. The van der Waals surface area contributed by atoms with Crippen molar-refractivity contribution < 1.29 is 14.3 Å². The van der Waals surface area contributed by atoms with E-state index in [2.05, 4.69) is 15.1 Å². The highest BCUT2D eigenvalue weighted by Crippen LogP contribution is 2.28. The van der Waals surface area contributed by atoms with Crippen LogP contribution in [0.3, 0.4) is 0 Å². The molecule has 1 aromatic rings. The molecule has 2 bridgehead atoms. The Kier molecular flexibility index (Phi) is 3.75. The monoisotopic (exact) mass is 312 g/mol. The van der Waals surface area contributed by atoms with Crippen molar-refractivity contribution >= 4 is 22.6 Å². The topological polar surface area (TPSA) is 67.8 Å². The third-order valence-corrected chi connectivity index (χ3v) is 4.24. The number of rotatable bonds is 1. The van der Waals surface area contributed by atoms with E-state index in [4.69, 9.17) is 9.47 Å². The van der Waals surface area contributed by atoms with Crippen LogP contribution >= 0.6 is 11.3 Å². The number of piperazine rings is 1. The minimum absolute atomic E-state index is 0.00347. The Hall–Kier alpha value is -1.41. The van der Waals surface area contributed by atoms with Crippen LogP contribution in [0.2, 0.25) is 0 Å². The van der Waals surface area contributed by atoms with Crippen molar-refractivity contribution in [2.24, 2.45) is 0 Å². The number of amides is 1. The normalized spacial score (nSPS) is 25.9. The van der Waals surface area contributed by atoms with E-state index in [0.29, 0.717) is 26.3 Å². The third-order valence-electron chi connectivity index (χ3n) is 3.49. The molecule has 0 aliphatic carbocycles. The molecule has 2 unspecified atom stereocenters. The SMILES string of the molecule is CC(C)(C)OC(=O)N1C2COCC1CN(c1nncs1)C2. The van der Waals surface area contributed by atoms with Gasteiger partial charge in [0.05, 0.1) is 25.3 Å². The minimum atomic E-state index is -0.484. The molecule has 0 N–H and O–H groups in total. The molecule has 0 spiro atoms. The molecule has 3 heterocycles. The highest BCUT2D eigenvalue weighted by molar-refractivity contribution is 7.13. The van der Waals surface area contributed by atoms with Gasteiger partial charge in [-0.2, -0.15) is 0 Å². The van der Waals surface area contributed by atoms with Gasteiger partial charge in [-0.15, -0.1) is 10.2 Å². The first kappa shape index (κ1) is 14.5. The van der Waals surface area contributed by atoms with E-state index in [1.165, 1.54) is 11.3 Å². The van der Waals surface area contributed by atoms with Gasteiger partial charge in [0.2, 0.25) is 5.13 Å². The number of carbonyl (C=O) groups excluding carboxylic acids is 1. The summed E-state index contributed by atoms with van der Waals surface area (Å²) in [4.78, 5) is 16.4. The van der Waals surface area contributed by atoms with Crippen LogP contribution in [0, 0.1) is 0 Å². The lowest BCUT2D eigenvalue weighted by atomic mass is 10.1. The van der Waals surface area contributed by atoms with Crippen molar-refractivity contribution in [3.63, 3.8) is 0 Å². The van der Waals surface area contributed by atoms with Crippen LogP contribution in [0.5, 0.6) is 0 Å². The zero-order chi connectivity index (χ0) is 15.0. The number of ether oxygens (including phenoxy) is 2. The Morgan fingerprint density at radius 1 is 1.38 bits per heavy atom. The Morgan fingerprint density at radius 2 is 2.05 bits per heavy atom. The summed E-state index contributed by atoms with van der Waals surface area (Å²) in [5, 5.41) is 8.90. The van der Waals surface area contributed by atoms with Gasteiger partial charge in [0.1, 0.15) is 11.1 Å². The molecule has 21 heavy (non-hydrogen) atoms. The van der Waals surface area contributed by atoms with Crippen LogP contribution in [0.15, 0.2) is 5.51 Å². The standard InChI is InChI=1S/C13H20N4O3S/c1-13(2,3)20-12(18)17-9-4-16(11-15-14-8-21-11)5-10(17)7-19-6-9/h8-10H,4-7H2,1-3H3. The van der Waals surface area contributed by atoms with Gasteiger partial charge in [0.15, 0.2) is 0 Å². The molecule has 0 saturated carbocycles. The lowest BCUT2D eigenvalue weighted by Crippen LogP contribution is -2.66. The fourth-order valence-electron chi connectivity index (χ4n) is 2.74. The summed E-state index contributed by atoms with van der Waals surface area (Å²) in [5.41, 5.74) is 1.24. The molecule has 2 atom stereocenters. The summed E-state index contributed by atoms with van der Waals surface area (Å²) in [6.45, 7) is 8.12. The minimum Gasteiger partial charge on any atom is -0.444 e. The van der Waals surface area contributed by atoms with Gasteiger partial charge in [-0.05, 0) is 20.8 Å². The van der Waals surface area contributed by atoms with E-state index >= 15 is 0 Å². The predicted molar refractivity (Wildman–Crippen MR) is 78.6 cm³/mol. The molecule has 116 valence electrons. The second-order valence-electron chi connectivity index (χ2n) is 6.36. The van der Waals surface area contributed by atoms with E-state index in [0.717, 1.165) is 5.13 Å². The lowest BCUT2D eigenvalue weighted by Gasteiger charge is -2.49. The van der Waals surface area contributed by atoms with E-state index in [1.54, 1.807) is 5.51 Å². The van der Waals surface area contributed by atoms with Crippen molar-refractivity contribution in [2.45, 2.75) is 38.5 Å². The second-order valence-corrected chi connectivity index (χ2v) is 7.17. The average molecular weight is 312 g/mol. The summed E-state index contributed by atoms with van der Waals surface area (Å²) >= 11 is 1.52. The second kappa shape index (κ2) is 5.42. The molecule has 0 aromatic carbocycles. The van der Waals surface area contributed by atoms with Crippen LogP contribution in [0.4, 0.5) is 9.93 Å². The summed E-state index contributed by atoms with van der Waals surface area (Å²) in [6, 6.07) is -0.00694. The number of hydrogen-bond acceptors (Lipinski definition) is 7. The number of fused-ring (bicyclic) bond motifs is 2. The highest BCUT2D eigenvalue weighted by atomic mass is 32.1. The van der Waals surface area contributed by atoms with Gasteiger partial charge in [0.25, 0.3) is 0 Å². The smallest absolute Gasteiger partial charge is 0.411 e. The van der Waals surface area contributed by atoms with Gasteiger partial charge in [-0.1, -0.05) is 11.3 Å². The average Bonchev–Trinajstić information content (AvgIpc) is 2.88. The van der Waals surface area contributed by atoms with Crippen LogP contribution < -0.4 is 4.90 Å². The number of aromatic nitrogens is 2. The molecule has 0 radical (unpaired) electrons. The Morgan fingerprint density at radius 3 is 2.57 bits per heavy atom. The number of nitrogens with zero attached hydrogens (tertiary/aromatic N) is 4. The third kappa shape index (κ3) is 3.11. The molecule has 7 nitrogen and oxygen atoms in total. The van der Waals surface area contributed by atoms with Crippen LogP contribution in [0.1, 0.15) is 20.8 Å². The van der Waals surface area contributed by atoms with Crippen molar-refractivity contribution in [1.29, 1.82) is 0 Å². The van der Waals surface area contributed by atoms with Crippen molar-refractivity contribution in [3.05, 3.63) is 5.51 Å². The summed E-state index contributed by atoms with van der Waals surface area (Å²) in [6.07, 6.45) is -0.252. The Labute approximate surface area is 127 Å². The first-order valence-corrected chi connectivity index (χ1v) is 7.92. The zero-order valence-corrected chi connectivity index (χ0v) is 13.3. The molecule has 2 fully saturated rings. The fourth-order valence-corrected chi connectivity index (χ4v) is 3.32. The number of carbonyl (C=O) groups is 1. The van der Waals surface area contributed by atoms with E-state index in [1.807, 2.05) is 25.7 Å². The Bertz CT molecular complexity index is 488. The molecule has 2 saturated heterocycles. The maximum Gasteiger partial charge on any atom is 0.411 e. The van der Waals surface area contributed by atoms with Gasteiger partial charge in [-0.25, -0.2) is 4.79 Å². The molecule has 3 rings (SSSR count). The molecule has 1 amide bonds. The van der Waals surface area contributed by atoms with Crippen molar-refractivity contribution in [3.8, 4) is 0 Å². The molecule has 1 aromatic heterocycles. The molecule has 2 aliphatic heterocycles. The van der Waals surface area contributed by atoms with Crippen LogP contribution in [-0.4, -0.2) is 65.2 Å². The van der Waals surface area contributed by atoms with Crippen LogP contribution in [0.25, 0.3) is 0 Å². The molecule has 8 heteroatoms. The van der Waals surface area contributed by atoms with E-state index in [-0.39, 0.29) is 18.2 Å². The van der Waals surface area contributed by atoms with E-state index in [9.17, 15) is 4.79 Å². The van der Waals surface area contributed by atoms with Gasteiger partial charge in [0, 0.05) is 13.1 Å². The quantitative estimate of drug-likeness (QED) is 0.780. The van der Waals surface area contributed by atoms with Crippen LogP contribution in [-0.2, 0) is 9.47 Å². The first-order chi connectivity index (χ1) is 9.94. The number of hydrogen-bond donors (Lipinski definition) is 0. The number of anilines is 1. The van der Waals surface area contributed by atoms with Gasteiger partial charge < -0.3 is 14.4 Å². The first-order valence-electron chi connectivity index (χ1n) is 7.04. The molecular weight excluding hydrogens is 292 g/mol. The zero-order valence-electron chi connectivity index (χ0n) is 12.5. The summed E-state index contributed by atoms with van der Waals surface area (Å²) < 4.78 is 11.1. The largest absolute Gasteiger partial charge is 0.444 e. The van der Waals surface area contributed by atoms with Crippen molar-refractivity contribution in [2.75, 3.05) is 31.2 Å². The lowest BCUT2D eigenvalue weighted by molar-refractivity contribution is -0.0665. The Balaban J connectivity index is 1.74. The van der Waals surface area contributed by atoms with Gasteiger partial charge in [-0.3, -0.25) is 4.90 Å². The van der Waals surface area contributed by atoms with Crippen molar-refractivity contribution in [1.82, 2.24) is 15.1 Å². The maximum absolute atomic E-state index is 12.4. The molecule has 2 aliphatic rings. The fraction of sp³-hybridized carbons (Fsp3) is 0.769. The predicted octanol–water partition coefficient (Wildman–Crippen LogP) is 1.36. The van der Waals surface area contributed by atoms with E-state index < -0.39 is 5.60 Å².